The van der Waals surface area contributed by atoms with Crippen LogP contribution in [0.1, 0.15) is 30.7 Å². The SMILES string of the molecule is NC1(CCc2ncc[nH]2)N=C(NCCc2c[nH]c3ccccc23)N=C(NCCN2CCCC2)N1. The van der Waals surface area contributed by atoms with Gasteiger partial charge in [0.15, 0.2) is 5.79 Å². The Kier molecular flexibility index (Phi) is 6.77. The maximum atomic E-state index is 6.67. The minimum Gasteiger partial charge on any atom is -0.361 e. The van der Waals surface area contributed by atoms with Crippen molar-refractivity contribution in [3.63, 3.8) is 0 Å². The van der Waals surface area contributed by atoms with Crippen molar-refractivity contribution < 1.29 is 0 Å². The average Bonchev–Trinajstić information content (AvgIpc) is 3.61. The van der Waals surface area contributed by atoms with Crippen LogP contribution in [-0.2, 0) is 12.8 Å². The summed E-state index contributed by atoms with van der Waals surface area (Å²) in [5.74, 6) is 1.13. The number of H-pyrrole nitrogens is 2. The summed E-state index contributed by atoms with van der Waals surface area (Å²) in [6.45, 7) is 4.86. The number of nitrogens with zero attached hydrogens (tertiary/aromatic N) is 4. The van der Waals surface area contributed by atoms with Crippen LogP contribution >= 0.6 is 0 Å². The molecular weight excluding hydrogens is 428 g/mol. The highest BCUT2D eigenvalue weighted by Crippen LogP contribution is 2.18. The summed E-state index contributed by atoms with van der Waals surface area (Å²) < 4.78 is 0. The van der Waals surface area contributed by atoms with Gasteiger partial charge in [-0.1, -0.05) is 18.2 Å². The van der Waals surface area contributed by atoms with Crippen LogP contribution in [0, 0.1) is 0 Å². The molecule has 1 saturated heterocycles. The van der Waals surface area contributed by atoms with E-state index in [0.29, 0.717) is 31.3 Å². The number of likely N-dealkylation sites (tertiary alicyclic amines) is 1. The molecule has 2 aliphatic heterocycles. The maximum absolute atomic E-state index is 6.67. The largest absolute Gasteiger partial charge is 0.361 e. The predicted molar refractivity (Wildman–Crippen MR) is 136 cm³/mol. The van der Waals surface area contributed by atoms with Crippen LogP contribution in [0.15, 0.2) is 52.8 Å². The minimum atomic E-state index is -0.965. The standard InChI is InChI=1S/C24H34N10/c25-24(9-7-21-26-11-12-27-21)32-22(31-23(33-24)29-13-16-34-14-3-4-15-34)28-10-8-18-17-30-20-6-2-1-5-19(18)20/h1-2,5-6,11-12,17,30H,3-4,7-10,13-16,25H2,(H,26,27)(H3,28,29,31,32,33). The first-order valence-electron chi connectivity index (χ1n) is 12.2. The number of aliphatic imine (C=N–C) groups is 2. The van der Waals surface area contributed by atoms with Crippen molar-refractivity contribution in [3.8, 4) is 0 Å². The van der Waals surface area contributed by atoms with Crippen LogP contribution < -0.4 is 21.7 Å². The zero-order valence-electron chi connectivity index (χ0n) is 19.5. The van der Waals surface area contributed by atoms with Gasteiger partial charge in [0.25, 0.3) is 0 Å². The molecule has 10 heteroatoms. The van der Waals surface area contributed by atoms with E-state index in [9.17, 15) is 0 Å². The number of aromatic nitrogens is 3. The number of benzene rings is 1. The molecule has 0 amide bonds. The lowest BCUT2D eigenvalue weighted by Crippen LogP contribution is -2.61. The summed E-state index contributed by atoms with van der Waals surface area (Å²) in [4.78, 5) is 22.6. The molecule has 34 heavy (non-hydrogen) atoms. The molecule has 1 fully saturated rings. The van der Waals surface area contributed by atoms with E-state index < -0.39 is 5.79 Å². The van der Waals surface area contributed by atoms with E-state index in [1.54, 1.807) is 6.20 Å². The Balaban J connectivity index is 1.22. The lowest BCUT2D eigenvalue weighted by atomic mass is 10.1. The fourth-order valence-electron chi connectivity index (χ4n) is 4.59. The maximum Gasteiger partial charge on any atom is 0.224 e. The molecule has 1 aromatic carbocycles. The van der Waals surface area contributed by atoms with Crippen LogP contribution in [-0.4, -0.2) is 70.3 Å². The van der Waals surface area contributed by atoms with Crippen molar-refractivity contribution in [1.29, 1.82) is 0 Å². The van der Waals surface area contributed by atoms with Crippen molar-refractivity contribution in [3.05, 3.63) is 54.2 Å². The van der Waals surface area contributed by atoms with Crippen molar-refractivity contribution in [2.45, 2.75) is 37.9 Å². The van der Waals surface area contributed by atoms with Gasteiger partial charge in [0.05, 0.1) is 0 Å². The highest BCUT2D eigenvalue weighted by molar-refractivity contribution is 5.97. The fourth-order valence-corrected chi connectivity index (χ4v) is 4.59. The number of nitrogens with two attached hydrogens (primary N) is 1. The van der Waals surface area contributed by atoms with E-state index in [4.69, 9.17) is 10.7 Å². The molecule has 0 bridgehead atoms. The Bertz CT molecular complexity index is 1130. The predicted octanol–water partition coefficient (Wildman–Crippen LogP) is 1.27. The lowest BCUT2D eigenvalue weighted by molar-refractivity contribution is 0.338. The smallest absolute Gasteiger partial charge is 0.224 e. The highest BCUT2D eigenvalue weighted by Gasteiger charge is 2.30. The van der Waals surface area contributed by atoms with Gasteiger partial charge in [0, 0.05) is 62.0 Å². The number of nitrogens with one attached hydrogen (secondary N) is 5. The van der Waals surface area contributed by atoms with Crippen LogP contribution in [0.5, 0.6) is 0 Å². The van der Waals surface area contributed by atoms with Crippen LogP contribution in [0.2, 0.25) is 0 Å². The number of rotatable bonds is 9. The molecule has 4 heterocycles. The monoisotopic (exact) mass is 462 g/mol. The molecule has 5 rings (SSSR count). The van der Waals surface area contributed by atoms with Crippen LogP contribution in [0.3, 0.4) is 0 Å². The molecule has 1 atom stereocenters. The first-order valence-corrected chi connectivity index (χ1v) is 12.2. The average molecular weight is 463 g/mol. The van der Waals surface area contributed by atoms with Gasteiger partial charge >= 0.3 is 0 Å². The van der Waals surface area contributed by atoms with Gasteiger partial charge in [0.2, 0.25) is 11.9 Å². The zero-order valence-corrected chi connectivity index (χ0v) is 19.5. The number of imidazole rings is 1. The molecule has 10 nitrogen and oxygen atoms in total. The van der Waals surface area contributed by atoms with E-state index in [-0.39, 0.29) is 0 Å². The van der Waals surface area contributed by atoms with Crippen molar-refractivity contribution in [2.24, 2.45) is 15.7 Å². The Morgan fingerprint density at radius 3 is 2.79 bits per heavy atom. The van der Waals surface area contributed by atoms with E-state index in [1.807, 2.05) is 12.3 Å². The molecule has 0 aliphatic carbocycles. The molecule has 0 radical (unpaired) electrons. The third-order valence-corrected chi connectivity index (χ3v) is 6.43. The lowest BCUT2D eigenvalue weighted by Gasteiger charge is -2.32. The number of guanidine groups is 2. The second kappa shape index (κ2) is 10.3. The van der Waals surface area contributed by atoms with Gasteiger partial charge in [-0.3, -0.25) is 5.73 Å². The summed E-state index contributed by atoms with van der Waals surface area (Å²) in [6.07, 6.45) is 10.3. The summed E-state index contributed by atoms with van der Waals surface area (Å²) in [7, 11) is 0. The molecule has 2 aromatic heterocycles. The van der Waals surface area contributed by atoms with Crippen molar-refractivity contribution >= 4 is 22.8 Å². The summed E-state index contributed by atoms with van der Waals surface area (Å²) in [6, 6.07) is 8.34. The minimum absolute atomic E-state index is 0.546. The number of hydrogen-bond donors (Lipinski definition) is 6. The number of para-hydroxylation sites is 1. The molecule has 3 aromatic rings. The first kappa shape index (κ1) is 22.4. The topological polar surface area (TPSA) is 135 Å². The number of aromatic amines is 2. The third kappa shape index (κ3) is 5.57. The van der Waals surface area contributed by atoms with Gasteiger partial charge in [-0.2, -0.15) is 4.99 Å². The molecule has 7 N–H and O–H groups in total. The second-order valence-electron chi connectivity index (χ2n) is 8.99. The van der Waals surface area contributed by atoms with Gasteiger partial charge in [-0.25, -0.2) is 9.98 Å². The summed E-state index contributed by atoms with van der Waals surface area (Å²) >= 11 is 0. The number of aryl methyl sites for hydroxylation is 1. The molecule has 0 saturated carbocycles. The summed E-state index contributed by atoms with van der Waals surface area (Å²) in [5.41, 5.74) is 9.09. The normalized spacial score (nSPS) is 20.7. The molecular formula is C24H34N10. The fraction of sp³-hybridized carbons (Fsp3) is 0.458. The Morgan fingerprint density at radius 2 is 1.94 bits per heavy atom. The number of hydrogen-bond acceptors (Lipinski definition) is 8. The zero-order chi connectivity index (χ0) is 23.2. The Morgan fingerprint density at radius 1 is 1.06 bits per heavy atom. The molecule has 1 unspecified atom stereocenters. The third-order valence-electron chi connectivity index (χ3n) is 6.43. The van der Waals surface area contributed by atoms with Crippen molar-refractivity contribution in [2.75, 3.05) is 32.7 Å². The Labute approximate surface area is 199 Å². The van der Waals surface area contributed by atoms with Crippen LogP contribution in [0.25, 0.3) is 10.9 Å². The van der Waals surface area contributed by atoms with Gasteiger partial charge in [-0.15, -0.1) is 0 Å². The highest BCUT2D eigenvalue weighted by atomic mass is 15.4. The van der Waals surface area contributed by atoms with Crippen LogP contribution in [0.4, 0.5) is 0 Å². The van der Waals surface area contributed by atoms with Gasteiger partial charge in [-0.05, 0) is 44.0 Å². The number of fused-ring (bicyclic) bond motifs is 1. The molecule has 2 aliphatic rings. The molecule has 180 valence electrons. The van der Waals surface area contributed by atoms with Crippen molar-refractivity contribution in [1.82, 2.24) is 35.8 Å². The van der Waals surface area contributed by atoms with E-state index >= 15 is 0 Å². The molecule has 0 spiro atoms. The van der Waals surface area contributed by atoms with E-state index in [2.05, 4.69) is 65.2 Å². The van der Waals surface area contributed by atoms with E-state index in [0.717, 1.165) is 30.9 Å². The second-order valence-corrected chi connectivity index (χ2v) is 8.99. The van der Waals surface area contributed by atoms with E-state index in [1.165, 1.54) is 36.9 Å². The van der Waals surface area contributed by atoms with Gasteiger partial charge in [0.1, 0.15) is 5.82 Å². The quantitative estimate of drug-likeness (QED) is 0.284. The van der Waals surface area contributed by atoms with Gasteiger partial charge < -0.3 is 30.8 Å². The first-order chi connectivity index (χ1) is 16.7. The Hall–Kier alpha value is -3.37. The summed E-state index contributed by atoms with van der Waals surface area (Å²) in [5, 5.41) is 11.4.